The maximum atomic E-state index is 12.5. The molecule has 114 valence electrons. The van der Waals surface area contributed by atoms with Crippen molar-refractivity contribution in [1.29, 1.82) is 0 Å². The van der Waals surface area contributed by atoms with Crippen LogP contribution in [-0.4, -0.2) is 34.5 Å². The van der Waals surface area contributed by atoms with Gasteiger partial charge in [0.2, 0.25) is 5.91 Å². The lowest BCUT2D eigenvalue weighted by Crippen LogP contribution is -2.52. The number of nitrogens with one attached hydrogen (secondary N) is 1. The van der Waals surface area contributed by atoms with Crippen LogP contribution in [0.2, 0.25) is 0 Å². The lowest BCUT2D eigenvalue weighted by atomic mass is 10.0. The highest BCUT2D eigenvalue weighted by atomic mass is 16.5. The van der Waals surface area contributed by atoms with Gasteiger partial charge in [-0.05, 0) is 31.9 Å². The van der Waals surface area contributed by atoms with E-state index in [2.05, 4.69) is 15.5 Å². The maximum Gasteiger partial charge on any atom is 0.274 e. The van der Waals surface area contributed by atoms with Gasteiger partial charge in [-0.3, -0.25) is 14.6 Å². The summed E-state index contributed by atoms with van der Waals surface area (Å²) in [4.78, 5) is 30.3. The zero-order chi connectivity index (χ0) is 15.5. The molecule has 1 saturated heterocycles. The average Bonchev–Trinajstić information content (AvgIpc) is 2.97. The highest BCUT2D eigenvalue weighted by Crippen LogP contribution is 2.20. The summed E-state index contributed by atoms with van der Waals surface area (Å²) in [6.07, 6.45) is 4.72. The van der Waals surface area contributed by atoms with Gasteiger partial charge < -0.3 is 14.7 Å². The molecule has 2 amide bonds. The molecule has 0 radical (unpaired) electrons. The normalized spacial score (nSPS) is 18.3. The number of aromatic nitrogens is 2. The first-order valence-corrected chi connectivity index (χ1v) is 7.11. The lowest BCUT2D eigenvalue weighted by molar-refractivity contribution is -0.121. The zero-order valence-electron chi connectivity index (χ0n) is 12.2. The molecule has 1 aliphatic heterocycles. The van der Waals surface area contributed by atoms with E-state index in [1.165, 1.54) is 0 Å². The van der Waals surface area contributed by atoms with Gasteiger partial charge in [0.15, 0.2) is 5.69 Å². The van der Waals surface area contributed by atoms with Gasteiger partial charge in [-0.1, -0.05) is 5.16 Å². The number of aryl methyl sites for hydroxylation is 1. The monoisotopic (exact) mass is 300 g/mol. The first-order chi connectivity index (χ1) is 10.6. The first-order valence-electron chi connectivity index (χ1n) is 7.11. The Balaban J connectivity index is 1.72. The topological polar surface area (TPSA) is 88.3 Å². The van der Waals surface area contributed by atoms with Gasteiger partial charge in [0.25, 0.3) is 5.91 Å². The van der Waals surface area contributed by atoms with E-state index >= 15 is 0 Å². The van der Waals surface area contributed by atoms with Gasteiger partial charge in [0.05, 0.1) is 11.9 Å². The Kier molecular flexibility index (Phi) is 3.86. The summed E-state index contributed by atoms with van der Waals surface area (Å²) in [5, 5.41) is 6.39. The van der Waals surface area contributed by atoms with Crippen molar-refractivity contribution < 1.29 is 14.1 Å². The summed E-state index contributed by atoms with van der Waals surface area (Å²) >= 11 is 0. The van der Waals surface area contributed by atoms with E-state index in [0.717, 1.165) is 12.1 Å². The zero-order valence-corrected chi connectivity index (χ0v) is 12.2. The third kappa shape index (κ3) is 2.83. The van der Waals surface area contributed by atoms with Crippen molar-refractivity contribution in [3.63, 3.8) is 0 Å². The van der Waals surface area contributed by atoms with E-state index in [9.17, 15) is 9.59 Å². The number of hydrogen-bond donors (Lipinski definition) is 1. The summed E-state index contributed by atoms with van der Waals surface area (Å²) in [5.41, 5.74) is 0.924. The van der Waals surface area contributed by atoms with Crippen LogP contribution >= 0.6 is 0 Å². The molecule has 0 aliphatic carbocycles. The van der Waals surface area contributed by atoms with Crippen LogP contribution in [0.5, 0.6) is 0 Å². The van der Waals surface area contributed by atoms with Crippen molar-refractivity contribution in [3.05, 3.63) is 42.0 Å². The minimum atomic E-state index is -0.557. The molecule has 1 atom stereocenters. The van der Waals surface area contributed by atoms with E-state index in [1.54, 1.807) is 36.4 Å². The van der Waals surface area contributed by atoms with Crippen molar-refractivity contribution >= 4 is 17.5 Å². The predicted octanol–water partition coefficient (Wildman–Crippen LogP) is 1.30. The number of carbonyl (C=O) groups is 2. The molecule has 0 spiro atoms. The van der Waals surface area contributed by atoms with Crippen molar-refractivity contribution in [2.75, 3.05) is 11.4 Å². The molecule has 1 unspecified atom stereocenters. The second kappa shape index (κ2) is 5.97. The number of amides is 2. The van der Waals surface area contributed by atoms with Crippen LogP contribution in [0.3, 0.4) is 0 Å². The molecule has 3 heterocycles. The molecule has 0 aromatic carbocycles. The SMILES string of the molecule is Cc1cc(C(=O)NC2CCCN(c3cccnc3)C2=O)no1. The van der Waals surface area contributed by atoms with Gasteiger partial charge in [0.1, 0.15) is 11.8 Å². The fraction of sp³-hybridized carbons (Fsp3) is 0.333. The molecular formula is C15H16N4O3. The summed E-state index contributed by atoms with van der Waals surface area (Å²) in [6, 6.07) is 4.60. The van der Waals surface area contributed by atoms with Crippen LogP contribution in [0.4, 0.5) is 5.69 Å². The third-order valence-electron chi connectivity index (χ3n) is 3.56. The summed E-state index contributed by atoms with van der Waals surface area (Å²) in [6.45, 7) is 2.33. The second-order valence-electron chi connectivity index (χ2n) is 5.19. The number of rotatable bonds is 3. The Bertz CT molecular complexity index is 683. The number of anilines is 1. The van der Waals surface area contributed by atoms with E-state index in [0.29, 0.717) is 18.7 Å². The van der Waals surface area contributed by atoms with Crippen LogP contribution in [-0.2, 0) is 4.79 Å². The van der Waals surface area contributed by atoms with E-state index in [4.69, 9.17) is 4.52 Å². The van der Waals surface area contributed by atoms with E-state index < -0.39 is 11.9 Å². The molecule has 3 rings (SSSR count). The second-order valence-corrected chi connectivity index (χ2v) is 5.19. The fourth-order valence-corrected chi connectivity index (χ4v) is 2.48. The number of nitrogens with zero attached hydrogens (tertiary/aromatic N) is 3. The van der Waals surface area contributed by atoms with Crippen LogP contribution in [0.25, 0.3) is 0 Å². The number of carbonyl (C=O) groups excluding carboxylic acids is 2. The summed E-state index contributed by atoms with van der Waals surface area (Å²) < 4.78 is 4.88. The Morgan fingerprint density at radius 1 is 1.50 bits per heavy atom. The highest BCUT2D eigenvalue weighted by molar-refractivity contribution is 6.02. The number of hydrogen-bond acceptors (Lipinski definition) is 5. The molecular weight excluding hydrogens is 284 g/mol. The van der Waals surface area contributed by atoms with E-state index in [1.807, 2.05) is 6.07 Å². The third-order valence-corrected chi connectivity index (χ3v) is 3.56. The van der Waals surface area contributed by atoms with Gasteiger partial charge in [0, 0.05) is 18.8 Å². The molecule has 2 aromatic heterocycles. The van der Waals surface area contributed by atoms with Gasteiger partial charge >= 0.3 is 0 Å². The smallest absolute Gasteiger partial charge is 0.274 e. The standard InChI is InChI=1S/C15H16N4O3/c1-10-8-13(18-22-10)14(20)17-12-5-3-7-19(15(12)21)11-4-2-6-16-9-11/h2,4,6,8-9,12H,3,5,7H2,1H3,(H,17,20). The molecule has 7 nitrogen and oxygen atoms in total. The van der Waals surface area contributed by atoms with Crippen LogP contribution in [0, 0.1) is 6.92 Å². The van der Waals surface area contributed by atoms with Crippen molar-refractivity contribution in [3.8, 4) is 0 Å². The summed E-state index contributed by atoms with van der Waals surface area (Å²) in [7, 11) is 0. The quantitative estimate of drug-likeness (QED) is 0.923. The van der Waals surface area contributed by atoms with Gasteiger partial charge in [-0.2, -0.15) is 0 Å². The molecule has 22 heavy (non-hydrogen) atoms. The Morgan fingerprint density at radius 2 is 2.36 bits per heavy atom. The predicted molar refractivity (Wildman–Crippen MR) is 78.3 cm³/mol. The molecule has 1 N–H and O–H groups in total. The molecule has 1 aliphatic rings. The molecule has 2 aromatic rings. The van der Waals surface area contributed by atoms with Crippen LogP contribution in [0.15, 0.2) is 35.1 Å². The average molecular weight is 300 g/mol. The maximum absolute atomic E-state index is 12.5. The number of piperidine rings is 1. The molecule has 0 bridgehead atoms. The van der Waals surface area contributed by atoms with Gasteiger partial charge in [-0.25, -0.2) is 0 Å². The highest BCUT2D eigenvalue weighted by Gasteiger charge is 2.31. The molecule has 0 saturated carbocycles. The van der Waals surface area contributed by atoms with Crippen molar-refractivity contribution in [2.24, 2.45) is 0 Å². The minimum Gasteiger partial charge on any atom is -0.361 e. The number of pyridine rings is 1. The van der Waals surface area contributed by atoms with Crippen LogP contribution in [0.1, 0.15) is 29.1 Å². The lowest BCUT2D eigenvalue weighted by Gasteiger charge is -2.32. The Hall–Kier alpha value is -2.70. The van der Waals surface area contributed by atoms with E-state index in [-0.39, 0.29) is 11.6 Å². The molecule has 7 heteroatoms. The minimum absolute atomic E-state index is 0.132. The largest absolute Gasteiger partial charge is 0.361 e. The van der Waals surface area contributed by atoms with Crippen LogP contribution < -0.4 is 10.2 Å². The van der Waals surface area contributed by atoms with Crippen molar-refractivity contribution in [1.82, 2.24) is 15.5 Å². The molecule has 1 fully saturated rings. The van der Waals surface area contributed by atoms with Crippen molar-refractivity contribution in [2.45, 2.75) is 25.8 Å². The Morgan fingerprint density at radius 3 is 3.05 bits per heavy atom. The summed E-state index contributed by atoms with van der Waals surface area (Å²) in [5.74, 6) is 0.0214. The first kappa shape index (κ1) is 14.2. The Labute approximate surface area is 127 Å². The fourth-order valence-electron chi connectivity index (χ4n) is 2.48. The van der Waals surface area contributed by atoms with Gasteiger partial charge in [-0.15, -0.1) is 0 Å².